The van der Waals surface area contributed by atoms with Gasteiger partial charge in [-0.05, 0) is 36.7 Å². The Balaban J connectivity index is 2.53. The lowest BCUT2D eigenvalue weighted by Gasteiger charge is -2.28. The average Bonchev–Trinajstić information content (AvgIpc) is 2.43. The number of nitrogens with one attached hydrogen (secondary N) is 1. The van der Waals surface area contributed by atoms with Crippen molar-refractivity contribution in [3.8, 4) is 0 Å². The fourth-order valence-corrected chi connectivity index (χ4v) is 2.52. The molecule has 0 aliphatic rings. The Kier molecular flexibility index (Phi) is 6.13. The maximum atomic E-state index is 11.8. The maximum absolute atomic E-state index is 11.8. The molecular formula is C16H26BNO. The predicted octanol–water partition coefficient (Wildman–Crippen LogP) is 2.73. The first-order chi connectivity index (χ1) is 8.98. The molecule has 1 aromatic rings. The van der Waals surface area contributed by atoms with Gasteiger partial charge in [-0.25, -0.2) is 0 Å². The zero-order chi connectivity index (χ0) is 14.3. The molecule has 1 amide bonds. The third kappa shape index (κ3) is 5.50. The standard InChI is InChI=1S/C16H26BNO/c1-4-14(15(19)18-17)12-16(2,3)11-10-13-8-6-5-7-9-13/h5-9,14H,4,10-12,17H2,1-3H3,(H,18,19). The zero-order valence-electron chi connectivity index (χ0n) is 12.7. The zero-order valence-corrected chi connectivity index (χ0v) is 12.7. The summed E-state index contributed by atoms with van der Waals surface area (Å²) in [6.07, 6.45) is 4.06. The molecule has 0 radical (unpaired) electrons. The lowest BCUT2D eigenvalue weighted by molar-refractivity contribution is -0.124. The van der Waals surface area contributed by atoms with Crippen LogP contribution >= 0.6 is 0 Å². The Morgan fingerprint density at radius 3 is 2.47 bits per heavy atom. The largest absolute Gasteiger partial charge is 0.406 e. The lowest BCUT2D eigenvalue weighted by Crippen LogP contribution is -2.31. The van der Waals surface area contributed by atoms with Gasteiger partial charge < -0.3 is 5.23 Å². The summed E-state index contributed by atoms with van der Waals surface area (Å²) in [5.74, 6) is 0.311. The second-order valence-corrected chi connectivity index (χ2v) is 6.07. The van der Waals surface area contributed by atoms with E-state index in [1.165, 1.54) is 5.56 Å². The van der Waals surface area contributed by atoms with Gasteiger partial charge in [0.25, 0.3) is 0 Å². The minimum Gasteiger partial charge on any atom is -0.406 e. The van der Waals surface area contributed by atoms with E-state index in [9.17, 15) is 4.79 Å². The summed E-state index contributed by atoms with van der Waals surface area (Å²) in [5, 5.41) is 2.77. The van der Waals surface area contributed by atoms with Gasteiger partial charge in [0, 0.05) is 5.92 Å². The Labute approximate surface area is 118 Å². The number of hydrogen-bond donors (Lipinski definition) is 1. The fourth-order valence-electron chi connectivity index (χ4n) is 2.52. The molecule has 0 saturated heterocycles. The Morgan fingerprint density at radius 2 is 1.95 bits per heavy atom. The topological polar surface area (TPSA) is 29.1 Å². The average molecular weight is 259 g/mol. The number of rotatable bonds is 7. The summed E-state index contributed by atoms with van der Waals surface area (Å²) in [4.78, 5) is 11.8. The van der Waals surface area contributed by atoms with Gasteiger partial charge in [-0.3, -0.25) is 4.79 Å². The van der Waals surface area contributed by atoms with E-state index < -0.39 is 0 Å². The molecule has 0 spiro atoms. The number of carbonyl (C=O) groups is 1. The van der Waals surface area contributed by atoms with E-state index in [4.69, 9.17) is 0 Å². The van der Waals surface area contributed by atoms with Gasteiger partial charge in [0.2, 0.25) is 13.9 Å². The molecule has 0 aromatic heterocycles. The molecule has 3 heteroatoms. The molecule has 1 aromatic carbocycles. The highest BCUT2D eigenvalue weighted by Crippen LogP contribution is 2.32. The van der Waals surface area contributed by atoms with E-state index >= 15 is 0 Å². The molecule has 2 nitrogen and oxygen atoms in total. The van der Waals surface area contributed by atoms with Crippen LogP contribution in [0.2, 0.25) is 0 Å². The highest BCUT2D eigenvalue weighted by atomic mass is 16.1. The first-order valence-electron chi connectivity index (χ1n) is 7.24. The van der Waals surface area contributed by atoms with E-state index in [2.05, 4.69) is 50.3 Å². The number of aryl methyl sites for hydroxylation is 1. The normalized spacial score (nSPS) is 13.0. The molecule has 1 rings (SSSR count). The second kappa shape index (κ2) is 7.37. The highest BCUT2D eigenvalue weighted by molar-refractivity contribution is 6.14. The molecule has 1 atom stereocenters. The molecule has 1 N–H and O–H groups in total. The van der Waals surface area contributed by atoms with Crippen LogP contribution in [0, 0.1) is 11.3 Å². The van der Waals surface area contributed by atoms with Crippen LogP contribution in [-0.2, 0) is 11.2 Å². The van der Waals surface area contributed by atoms with Crippen molar-refractivity contribution < 1.29 is 4.79 Å². The van der Waals surface area contributed by atoms with E-state index in [1.54, 1.807) is 7.98 Å². The van der Waals surface area contributed by atoms with Gasteiger partial charge in [0.05, 0.1) is 0 Å². The Hall–Kier alpha value is -1.25. The molecule has 0 aliphatic carbocycles. The van der Waals surface area contributed by atoms with Crippen LogP contribution in [0.3, 0.4) is 0 Å². The van der Waals surface area contributed by atoms with E-state index in [1.807, 2.05) is 6.07 Å². The minimum atomic E-state index is 0.135. The maximum Gasteiger partial charge on any atom is 0.217 e. The van der Waals surface area contributed by atoms with Gasteiger partial charge in [0.1, 0.15) is 0 Å². The van der Waals surface area contributed by atoms with Crippen molar-refractivity contribution in [3.63, 3.8) is 0 Å². The summed E-state index contributed by atoms with van der Waals surface area (Å²) in [5.41, 5.74) is 1.58. The minimum absolute atomic E-state index is 0.135. The molecule has 19 heavy (non-hydrogen) atoms. The lowest BCUT2D eigenvalue weighted by atomic mass is 9.77. The SMILES string of the molecule is BNC(=O)C(CC)CC(C)(C)CCc1ccccc1. The van der Waals surface area contributed by atoms with Crippen molar-refractivity contribution in [1.29, 1.82) is 0 Å². The van der Waals surface area contributed by atoms with E-state index in [0.717, 1.165) is 25.7 Å². The smallest absolute Gasteiger partial charge is 0.217 e. The van der Waals surface area contributed by atoms with Gasteiger partial charge in [-0.2, -0.15) is 0 Å². The first-order valence-corrected chi connectivity index (χ1v) is 7.24. The van der Waals surface area contributed by atoms with Crippen molar-refractivity contribution in [2.45, 2.75) is 46.5 Å². The predicted molar refractivity (Wildman–Crippen MR) is 83.6 cm³/mol. The summed E-state index contributed by atoms with van der Waals surface area (Å²) in [6, 6.07) is 10.6. The molecule has 0 bridgehead atoms. The van der Waals surface area contributed by atoms with Crippen molar-refractivity contribution in [2.75, 3.05) is 0 Å². The van der Waals surface area contributed by atoms with Crippen LogP contribution < -0.4 is 5.23 Å². The van der Waals surface area contributed by atoms with E-state index in [-0.39, 0.29) is 17.2 Å². The van der Waals surface area contributed by atoms with Crippen molar-refractivity contribution in [1.82, 2.24) is 5.23 Å². The van der Waals surface area contributed by atoms with Crippen LogP contribution in [-0.4, -0.2) is 13.9 Å². The molecule has 1 unspecified atom stereocenters. The third-order valence-corrected chi connectivity index (χ3v) is 3.84. The van der Waals surface area contributed by atoms with Gasteiger partial charge in [-0.15, -0.1) is 0 Å². The third-order valence-electron chi connectivity index (χ3n) is 3.84. The number of hydrogen-bond acceptors (Lipinski definition) is 1. The molecular weight excluding hydrogens is 233 g/mol. The van der Waals surface area contributed by atoms with Crippen LogP contribution in [0.5, 0.6) is 0 Å². The number of amides is 1. The quantitative estimate of drug-likeness (QED) is 0.749. The van der Waals surface area contributed by atoms with Gasteiger partial charge in [0.15, 0.2) is 0 Å². The van der Waals surface area contributed by atoms with Crippen molar-refractivity contribution in [2.24, 2.45) is 11.3 Å². The monoisotopic (exact) mass is 259 g/mol. The fraction of sp³-hybridized carbons (Fsp3) is 0.562. The van der Waals surface area contributed by atoms with E-state index in [0.29, 0.717) is 0 Å². The number of carbonyl (C=O) groups excluding carboxylic acids is 1. The van der Waals surface area contributed by atoms with Crippen molar-refractivity contribution >= 4 is 13.9 Å². The van der Waals surface area contributed by atoms with Crippen LogP contribution in [0.1, 0.15) is 45.6 Å². The highest BCUT2D eigenvalue weighted by Gasteiger charge is 2.25. The van der Waals surface area contributed by atoms with Gasteiger partial charge in [-0.1, -0.05) is 51.1 Å². The Bertz CT molecular complexity index is 389. The molecule has 0 saturated carbocycles. The summed E-state index contributed by atoms with van der Waals surface area (Å²) < 4.78 is 0. The molecule has 0 heterocycles. The molecule has 0 fully saturated rings. The molecule has 0 aliphatic heterocycles. The summed E-state index contributed by atoms with van der Waals surface area (Å²) in [7, 11) is 1.72. The Morgan fingerprint density at radius 1 is 1.32 bits per heavy atom. The molecule has 104 valence electrons. The number of benzene rings is 1. The van der Waals surface area contributed by atoms with Crippen LogP contribution in [0.4, 0.5) is 0 Å². The summed E-state index contributed by atoms with van der Waals surface area (Å²) in [6.45, 7) is 6.62. The van der Waals surface area contributed by atoms with Crippen LogP contribution in [0.15, 0.2) is 30.3 Å². The first kappa shape index (κ1) is 15.8. The van der Waals surface area contributed by atoms with Crippen molar-refractivity contribution in [3.05, 3.63) is 35.9 Å². The second-order valence-electron chi connectivity index (χ2n) is 6.07. The summed E-state index contributed by atoms with van der Waals surface area (Å²) >= 11 is 0. The van der Waals surface area contributed by atoms with Gasteiger partial charge >= 0.3 is 0 Å². The van der Waals surface area contributed by atoms with Crippen LogP contribution in [0.25, 0.3) is 0 Å².